The highest BCUT2D eigenvalue weighted by Crippen LogP contribution is 2.38. The van der Waals surface area contributed by atoms with E-state index in [-0.39, 0.29) is 5.92 Å². The standard InChI is InChI=1S/C13H14F2N2S/c14-12-7-10(11-8-18-9-16-11)3-4-13(12,15)17-5-1-2-6-17/h3-4,7-10H,1-2,5-6H2. The minimum absolute atomic E-state index is 0.247. The van der Waals surface area contributed by atoms with Gasteiger partial charge in [0.15, 0.2) is 5.83 Å². The SMILES string of the molecule is FC1=CC(c2cscn2)C=CC1(F)N1CCCC1. The predicted octanol–water partition coefficient (Wildman–Crippen LogP) is 3.41. The Morgan fingerprint density at radius 1 is 1.39 bits per heavy atom. The summed E-state index contributed by atoms with van der Waals surface area (Å²) in [5.41, 5.74) is 2.47. The van der Waals surface area contributed by atoms with Crippen molar-refractivity contribution in [3.05, 3.63) is 40.6 Å². The number of aromatic nitrogens is 1. The van der Waals surface area contributed by atoms with E-state index in [1.807, 2.05) is 5.38 Å². The van der Waals surface area contributed by atoms with Crippen LogP contribution in [-0.4, -0.2) is 28.8 Å². The van der Waals surface area contributed by atoms with Gasteiger partial charge in [-0.1, -0.05) is 6.08 Å². The quantitative estimate of drug-likeness (QED) is 0.603. The highest BCUT2D eigenvalue weighted by atomic mass is 32.1. The van der Waals surface area contributed by atoms with Crippen LogP contribution in [0.4, 0.5) is 8.78 Å². The minimum Gasteiger partial charge on any atom is -0.262 e. The molecule has 1 saturated heterocycles. The Labute approximate surface area is 109 Å². The van der Waals surface area contributed by atoms with Gasteiger partial charge in [0.1, 0.15) is 0 Å². The van der Waals surface area contributed by atoms with E-state index in [0.717, 1.165) is 18.5 Å². The van der Waals surface area contributed by atoms with Crippen LogP contribution in [0, 0.1) is 0 Å². The molecule has 0 saturated carbocycles. The van der Waals surface area contributed by atoms with E-state index in [2.05, 4.69) is 4.98 Å². The molecule has 96 valence electrons. The Hall–Kier alpha value is -1.07. The summed E-state index contributed by atoms with van der Waals surface area (Å²) in [7, 11) is 0. The molecule has 0 N–H and O–H groups in total. The van der Waals surface area contributed by atoms with E-state index in [1.165, 1.54) is 23.5 Å². The number of hydrogen-bond acceptors (Lipinski definition) is 3. The van der Waals surface area contributed by atoms with Gasteiger partial charge >= 0.3 is 0 Å². The number of allylic oxidation sites excluding steroid dienone is 2. The first kappa shape index (κ1) is 12.0. The van der Waals surface area contributed by atoms with Gasteiger partial charge in [0.2, 0.25) is 5.79 Å². The molecule has 1 fully saturated rings. The number of nitrogens with zero attached hydrogens (tertiary/aromatic N) is 2. The van der Waals surface area contributed by atoms with Crippen molar-refractivity contribution in [2.24, 2.45) is 0 Å². The Kier molecular flexibility index (Phi) is 3.03. The smallest absolute Gasteiger partial charge is 0.234 e. The van der Waals surface area contributed by atoms with Crippen molar-refractivity contribution >= 4 is 11.3 Å². The Balaban J connectivity index is 1.85. The van der Waals surface area contributed by atoms with Crippen LogP contribution in [0.15, 0.2) is 34.9 Å². The summed E-state index contributed by atoms with van der Waals surface area (Å²) >= 11 is 1.46. The maximum Gasteiger partial charge on any atom is 0.234 e. The predicted molar refractivity (Wildman–Crippen MR) is 67.8 cm³/mol. The van der Waals surface area contributed by atoms with E-state index in [9.17, 15) is 8.78 Å². The Bertz CT molecular complexity index is 477. The summed E-state index contributed by atoms with van der Waals surface area (Å²) in [5.74, 6) is -2.99. The van der Waals surface area contributed by atoms with Crippen LogP contribution in [0.1, 0.15) is 24.5 Å². The third kappa shape index (κ3) is 1.91. The van der Waals surface area contributed by atoms with E-state index in [1.54, 1.807) is 16.5 Å². The molecule has 2 nitrogen and oxygen atoms in total. The van der Waals surface area contributed by atoms with Gasteiger partial charge in [0.25, 0.3) is 0 Å². The molecular weight excluding hydrogens is 254 g/mol. The van der Waals surface area contributed by atoms with Crippen molar-refractivity contribution in [1.29, 1.82) is 0 Å². The number of thiazole rings is 1. The zero-order valence-electron chi connectivity index (χ0n) is 9.85. The lowest BCUT2D eigenvalue weighted by atomic mass is 9.95. The van der Waals surface area contributed by atoms with E-state index in [0.29, 0.717) is 13.1 Å². The van der Waals surface area contributed by atoms with Gasteiger partial charge in [-0.25, -0.2) is 13.8 Å². The number of halogens is 2. The van der Waals surface area contributed by atoms with Gasteiger partial charge in [0, 0.05) is 24.4 Å². The van der Waals surface area contributed by atoms with E-state index in [4.69, 9.17) is 0 Å². The molecule has 1 aliphatic carbocycles. The third-order valence-corrected chi connectivity index (χ3v) is 4.15. The summed E-state index contributed by atoms with van der Waals surface area (Å²) in [5, 5.41) is 1.86. The van der Waals surface area contributed by atoms with E-state index >= 15 is 0 Å². The zero-order valence-corrected chi connectivity index (χ0v) is 10.7. The average molecular weight is 268 g/mol. The molecule has 0 aromatic carbocycles. The second-order valence-electron chi connectivity index (χ2n) is 4.68. The van der Waals surface area contributed by atoms with Crippen molar-refractivity contribution in [2.75, 3.05) is 13.1 Å². The first-order valence-electron chi connectivity index (χ1n) is 6.09. The highest BCUT2D eigenvalue weighted by molar-refractivity contribution is 7.07. The number of rotatable bonds is 2. The molecule has 0 amide bonds. The number of hydrogen-bond donors (Lipinski definition) is 0. The maximum atomic E-state index is 14.7. The maximum absolute atomic E-state index is 14.7. The third-order valence-electron chi connectivity index (χ3n) is 3.54. The number of likely N-dealkylation sites (tertiary alicyclic amines) is 1. The zero-order chi connectivity index (χ0) is 12.6. The molecular formula is C13H14F2N2S. The highest BCUT2D eigenvalue weighted by Gasteiger charge is 2.42. The molecule has 2 atom stereocenters. The van der Waals surface area contributed by atoms with E-state index < -0.39 is 11.6 Å². The van der Waals surface area contributed by atoms with Crippen LogP contribution < -0.4 is 0 Å². The van der Waals surface area contributed by atoms with Gasteiger partial charge in [-0.3, -0.25) is 4.90 Å². The first-order valence-corrected chi connectivity index (χ1v) is 7.03. The Morgan fingerprint density at radius 3 is 2.78 bits per heavy atom. The molecule has 2 unspecified atom stereocenters. The summed E-state index contributed by atoms with van der Waals surface area (Å²) in [6.45, 7) is 1.23. The summed E-state index contributed by atoms with van der Waals surface area (Å²) in [6, 6.07) is 0. The largest absolute Gasteiger partial charge is 0.262 e. The molecule has 5 heteroatoms. The first-order chi connectivity index (χ1) is 8.70. The van der Waals surface area contributed by atoms with Crippen LogP contribution in [0.5, 0.6) is 0 Å². The second-order valence-corrected chi connectivity index (χ2v) is 5.40. The molecule has 1 aromatic rings. The monoisotopic (exact) mass is 268 g/mol. The van der Waals surface area contributed by atoms with Crippen molar-refractivity contribution in [2.45, 2.75) is 24.6 Å². The van der Waals surface area contributed by atoms with Gasteiger partial charge in [-0.05, 0) is 25.0 Å². The molecule has 2 aliphatic rings. The van der Waals surface area contributed by atoms with Crippen LogP contribution in [0.25, 0.3) is 0 Å². The van der Waals surface area contributed by atoms with Crippen molar-refractivity contribution in [3.8, 4) is 0 Å². The van der Waals surface area contributed by atoms with Gasteiger partial charge in [-0.2, -0.15) is 0 Å². The lowest BCUT2D eigenvalue weighted by molar-refractivity contribution is 0.0402. The topological polar surface area (TPSA) is 16.1 Å². The summed E-state index contributed by atoms with van der Waals surface area (Å²) in [6.07, 6.45) is 6.26. The lowest BCUT2D eigenvalue weighted by Gasteiger charge is -2.33. The molecule has 3 rings (SSSR count). The van der Waals surface area contributed by atoms with Crippen LogP contribution in [0.2, 0.25) is 0 Å². The van der Waals surface area contributed by atoms with Crippen LogP contribution >= 0.6 is 11.3 Å². The van der Waals surface area contributed by atoms with Gasteiger partial charge in [-0.15, -0.1) is 11.3 Å². The van der Waals surface area contributed by atoms with Crippen LogP contribution in [-0.2, 0) is 0 Å². The average Bonchev–Trinajstić information content (AvgIpc) is 3.04. The molecule has 0 bridgehead atoms. The van der Waals surface area contributed by atoms with Gasteiger partial charge in [0.05, 0.1) is 11.2 Å². The van der Waals surface area contributed by atoms with Gasteiger partial charge < -0.3 is 0 Å². The molecule has 1 aromatic heterocycles. The fourth-order valence-electron chi connectivity index (χ4n) is 2.51. The second kappa shape index (κ2) is 4.55. The van der Waals surface area contributed by atoms with Crippen molar-refractivity contribution < 1.29 is 8.78 Å². The number of alkyl halides is 1. The molecule has 1 aliphatic heterocycles. The lowest BCUT2D eigenvalue weighted by Crippen LogP contribution is -2.43. The fraction of sp³-hybridized carbons (Fsp3) is 0.462. The molecule has 0 spiro atoms. The summed E-state index contributed by atoms with van der Waals surface area (Å²) in [4.78, 5) is 5.70. The molecule has 2 heterocycles. The molecule has 18 heavy (non-hydrogen) atoms. The minimum atomic E-state index is -2.04. The van der Waals surface area contributed by atoms with Crippen molar-refractivity contribution in [1.82, 2.24) is 9.88 Å². The molecule has 0 radical (unpaired) electrons. The Morgan fingerprint density at radius 2 is 2.17 bits per heavy atom. The van der Waals surface area contributed by atoms with Crippen molar-refractivity contribution in [3.63, 3.8) is 0 Å². The van der Waals surface area contributed by atoms with Crippen LogP contribution in [0.3, 0.4) is 0 Å². The fourth-order valence-corrected chi connectivity index (χ4v) is 3.11. The normalized spacial score (nSPS) is 32.8. The summed E-state index contributed by atoms with van der Waals surface area (Å²) < 4.78 is 28.8.